The van der Waals surface area contributed by atoms with Crippen LogP contribution in [0.3, 0.4) is 0 Å². The Kier molecular flexibility index (Phi) is 7.53. The third kappa shape index (κ3) is 4.88. The summed E-state index contributed by atoms with van der Waals surface area (Å²) < 4.78 is 0. The highest BCUT2D eigenvalue weighted by molar-refractivity contribution is 5.98. The second-order valence-electron chi connectivity index (χ2n) is 6.95. The van der Waals surface area contributed by atoms with Gasteiger partial charge in [-0.3, -0.25) is 19.7 Å². The Hall–Kier alpha value is -2.45. The minimum Gasteiger partial charge on any atom is -0.351 e. The predicted molar refractivity (Wildman–Crippen MR) is 108 cm³/mol. The first-order chi connectivity index (χ1) is 13.0. The number of carbonyl (C=O) groups excluding carboxylic acids is 2. The third-order valence-electron chi connectivity index (χ3n) is 5.10. The number of rotatable bonds is 5. The summed E-state index contributed by atoms with van der Waals surface area (Å²) in [5.74, 6) is -0.398. The molecule has 1 aromatic rings. The van der Waals surface area contributed by atoms with Crippen LogP contribution < -0.4 is 10.6 Å². The molecule has 0 radical (unpaired) electrons. The van der Waals surface area contributed by atoms with Gasteiger partial charge in [0.05, 0.1) is 4.92 Å². The molecule has 2 aliphatic rings. The number of nitro benzene ring substituents is 1. The topological polar surface area (TPSA) is 105 Å². The number of nitrogens with zero attached hydrogens (tertiary/aromatic N) is 2. The van der Waals surface area contributed by atoms with Crippen molar-refractivity contribution in [2.75, 3.05) is 26.2 Å². The molecule has 1 saturated heterocycles. The van der Waals surface area contributed by atoms with E-state index >= 15 is 0 Å². The van der Waals surface area contributed by atoms with Gasteiger partial charge in [-0.05, 0) is 44.9 Å². The Morgan fingerprint density at radius 1 is 1.39 bits per heavy atom. The van der Waals surface area contributed by atoms with Crippen LogP contribution >= 0.6 is 12.4 Å². The molecule has 2 amide bonds. The van der Waals surface area contributed by atoms with Crippen LogP contribution in [0.25, 0.3) is 0 Å². The van der Waals surface area contributed by atoms with Gasteiger partial charge < -0.3 is 15.5 Å². The highest BCUT2D eigenvalue weighted by Crippen LogP contribution is 2.24. The minimum atomic E-state index is -0.490. The van der Waals surface area contributed by atoms with Crippen molar-refractivity contribution < 1.29 is 14.5 Å². The van der Waals surface area contributed by atoms with Crippen LogP contribution in [0.1, 0.15) is 35.2 Å². The minimum absolute atomic E-state index is 0. The van der Waals surface area contributed by atoms with Crippen LogP contribution in [0.4, 0.5) is 5.69 Å². The molecule has 28 heavy (non-hydrogen) atoms. The number of amides is 2. The molecule has 9 heteroatoms. The van der Waals surface area contributed by atoms with E-state index in [1.54, 1.807) is 11.8 Å². The zero-order valence-electron chi connectivity index (χ0n) is 15.8. The largest absolute Gasteiger partial charge is 0.351 e. The Morgan fingerprint density at radius 3 is 2.82 bits per heavy atom. The van der Waals surface area contributed by atoms with Crippen molar-refractivity contribution in [3.63, 3.8) is 0 Å². The van der Waals surface area contributed by atoms with Crippen LogP contribution in [0.5, 0.6) is 0 Å². The molecule has 0 aliphatic carbocycles. The molecule has 152 valence electrons. The summed E-state index contributed by atoms with van der Waals surface area (Å²) in [5.41, 5.74) is 1.99. The van der Waals surface area contributed by atoms with E-state index < -0.39 is 11.0 Å². The van der Waals surface area contributed by atoms with Crippen LogP contribution in [0.2, 0.25) is 0 Å². The molecule has 2 N–H and O–H groups in total. The van der Waals surface area contributed by atoms with E-state index in [4.69, 9.17) is 0 Å². The van der Waals surface area contributed by atoms with Crippen molar-refractivity contribution in [2.24, 2.45) is 0 Å². The first-order valence-corrected chi connectivity index (χ1v) is 9.19. The number of aryl methyl sites for hydroxylation is 1. The number of hydrogen-bond acceptors (Lipinski definition) is 5. The van der Waals surface area contributed by atoms with Crippen molar-refractivity contribution in [3.05, 3.63) is 51.1 Å². The van der Waals surface area contributed by atoms with Gasteiger partial charge in [-0.2, -0.15) is 0 Å². The van der Waals surface area contributed by atoms with Gasteiger partial charge in [0.2, 0.25) is 5.91 Å². The number of halogens is 1. The lowest BCUT2D eigenvalue weighted by Crippen LogP contribution is -2.46. The molecule has 3 rings (SSSR count). The van der Waals surface area contributed by atoms with Crippen molar-refractivity contribution in [1.29, 1.82) is 0 Å². The van der Waals surface area contributed by atoms with Crippen molar-refractivity contribution >= 4 is 29.9 Å². The zero-order valence-corrected chi connectivity index (χ0v) is 16.6. The standard InChI is InChI=1S/C19H24N4O4.ClH/c1-13-11-15(4-5-16(13)23(26)27)19(25)22-10-2-3-17(22)18(24)21-12-14-6-8-20-9-7-14;/h4-6,11,17,20H,2-3,7-10,12H2,1H3,(H,21,24);1H. The van der Waals surface area contributed by atoms with Crippen molar-refractivity contribution in [3.8, 4) is 0 Å². The Labute approximate surface area is 169 Å². The molecule has 0 spiro atoms. The number of benzene rings is 1. The van der Waals surface area contributed by atoms with Gasteiger partial charge in [0, 0.05) is 36.8 Å². The monoisotopic (exact) mass is 408 g/mol. The van der Waals surface area contributed by atoms with Gasteiger partial charge in [0.15, 0.2) is 0 Å². The SMILES string of the molecule is Cc1cc(C(=O)N2CCCC2C(=O)NCC2=CCNCC2)ccc1[N+](=O)[O-].Cl. The van der Waals surface area contributed by atoms with Gasteiger partial charge >= 0.3 is 0 Å². The summed E-state index contributed by atoms with van der Waals surface area (Å²) in [5, 5.41) is 17.1. The van der Waals surface area contributed by atoms with E-state index in [2.05, 4.69) is 16.7 Å². The highest BCUT2D eigenvalue weighted by atomic mass is 35.5. The number of nitrogens with one attached hydrogen (secondary N) is 2. The summed E-state index contributed by atoms with van der Waals surface area (Å²) in [4.78, 5) is 37.5. The van der Waals surface area contributed by atoms with E-state index in [-0.39, 0.29) is 29.9 Å². The maximum atomic E-state index is 12.9. The predicted octanol–water partition coefficient (Wildman–Crippen LogP) is 1.97. The molecule has 2 heterocycles. The number of nitro groups is 1. The Balaban J connectivity index is 0.00000280. The molecule has 1 unspecified atom stereocenters. The maximum Gasteiger partial charge on any atom is 0.272 e. The van der Waals surface area contributed by atoms with Crippen LogP contribution in [-0.4, -0.2) is 53.9 Å². The molecule has 1 aromatic carbocycles. The van der Waals surface area contributed by atoms with Gasteiger partial charge in [0.25, 0.3) is 11.6 Å². The van der Waals surface area contributed by atoms with Crippen LogP contribution in [0, 0.1) is 17.0 Å². The number of likely N-dealkylation sites (tertiary alicyclic amines) is 1. The summed E-state index contributed by atoms with van der Waals surface area (Å²) in [6, 6.07) is 3.83. The first kappa shape index (κ1) is 21.8. The van der Waals surface area contributed by atoms with Crippen LogP contribution in [0.15, 0.2) is 29.8 Å². The quantitative estimate of drug-likeness (QED) is 0.440. The van der Waals surface area contributed by atoms with E-state index in [0.29, 0.717) is 30.6 Å². The van der Waals surface area contributed by atoms with E-state index in [1.807, 2.05) is 0 Å². The molecule has 0 aromatic heterocycles. The molecule has 1 atom stereocenters. The fourth-order valence-electron chi connectivity index (χ4n) is 3.59. The van der Waals surface area contributed by atoms with Gasteiger partial charge in [-0.15, -0.1) is 12.4 Å². The fourth-order valence-corrected chi connectivity index (χ4v) is 3.59. The summed E-state index contributed by atoms with van der Waals surface area (Å²) in [6.07, 6.45) is 4.39. The Bertz CT molecular complexity index is 796. The molecule has 2 aliphatic heterocycles. The van der Waals surface area contributed by atoms with Crippen molar-refractivity contribution in [2.45, 2.75) is 32.2 Å². The van der Waals surface area contributed by atoms with Gasteiger partial charge in [-0.25, -0.2) is 0 Å². The summed E-state index contributed by atoms with van der Waals surface area (Å²) >= 11 is 0. The van der Waals surface area contributed by atoms with Gasteiger partial charge in [-0.1, -0.05) is 11.6 Å². The van der Waals surface area contributed by atoms with E-state index in [0.717, 1.165) is 25.9 Å². The van der Waals surface area contributed by atoms with Gasteiger partial charge in [0.1, 0.15) is 6.04 Å². The lowest BCUT2D eigenvalue weighted by molar-refractivity contribution is -0.385. The lowest BCUT2D eigenvalue weighted by Gasteiger charge is -2.25. The molecular formula is C19H25ClN4O4. The zero-order chi connectivity index (χ0) is 19.4. The van der Waals surface area contributed by atoms with Crippen molar-refractivity contribution in [1.82, 2.24) is 15.5 Å². The Morgan fingerprint density at radius 2 is 2.18 bits per heavy atom. The summed E-state index contributed by atoms with van der Waals surface area (Å²) in [7, 11) is 0. The van der Waals surface area contributed by atoms with Crippen LogP contribution in [-0.2, 0) is 4.79 Å². The highest BCUT2D eigenvalue weighted by Gasteiger charge is 2.34. The fraction of sp³-hybridized carbons (Fsp3) is 0.474. The molecular weight excluding hydrogens is 384 g/mol. The lowest BCUT2D eigenvalue weighted by atomic mass is 10.1. The summed E-state index contributed by atoms with van der Waals surface area (Å²) in [6.45, 7) is 4.36. The molecule has 8 nitrogen and oxygen atoms in total. The smallest absolute Gasteiger partial charge is 0.272 e. The van der Waals surface area contributed by atoms with E-state index in [9.17, 15) is 19.7 Å². The second kappa shape index (κ2) is 9.66. The first-order valence-electron chi connectivity index (χ1n) is 9.19. The number of hydrogen-bond donors (Lipinski definition) is 2. The molecule has 1 fully saturated rings. The maximum absolute atomic E-state index is 12.9. The second-order valence-corrected chi connectivity index (χ2v) is 6.95. The normalized spacial score (nSPS) is 18.8. The average molecular weight is 409 g/mol. The average Bonchev–Trinajstić information content (AvgIpc) is 3.16. The molecule has 0 saturated carbocycles. The van der Waals surface area contributed by atoms with E-state index in [1.165, 1.54) is 23.8 Å². The molecule has 0 bridgehead atoms. The number of carbonyl (C=O) groups is 2. The third-order valence-corrected chi connectivity index (χ3v) is 5.10.